The maximum absolute atomic E-state index is 13.2. The zero-order valence-electron chi connectivity index (χ0n) is 10.1. The number of benzene rings is 1. The molecule has 1 unspecified atom stereocenters. The van der Waals surface area contributed by atoms with Gasteiger partial charge in [-0.3, -0.25) is 5.32 Å². The van der Waals surface area contributed by atoms with Crippen LogP contribution in [0.1, 0.15) is 20.3 Å². The molecule has 0 amide bonds. The van der Waals surface area contributed by atoms with Crippen LogP contribution in [0.15, 0.2) is 24.3 Å². The Labute approximate surface area is 101 Å². The van der Waals surface area contributed by atoms with Crippen molar-refractivity contribution in [2.24, 2.45) is 0 Å². The Bertz CT molecular complexity index is 387. The molecule has 0 saturated heterocycles. The Morgan fingerprint density at radius 2 is 2.12 bits per heavy atom. The monoisotopic (exact) mass is 236 g/mol. The predicted octanol–water partition coefficient (Wildman–Crippen LogP) is 2.48. The Kier molecular flexibility index (Phi) is 5.44. The van der Waals surface area contributed by atoms with Crippen molar-refractivity contribution >= 4 is 0 Å². The molecule has 1 aromatic carbocycles. The van der Waals surface area contributed by atoms with Gasteiger partial charge in [0.15, 0.2) is 11.6 Å². The van der Waals surface area contributed by atoms with Gasteiger partial charge < -0.3 is 4.74 Å². The summed E-state index contributed by atoms with van der Waals surface area (Å²) in [7, 11) is 0. The fraction of sp³-hybridized carbons (Fsp3) is 0.462. The first-order chi connectivity index (χ1) is 8.13. The third-order valence-corrected chi connectivity index (χ3v) is 2.19. The van der Waals surface area contributed by atoms with E-state index in [1.807, 2.05) is 13.8 Å². The summed E-state index contributed by atoms with van der Waals surface area (Å²) in [5, 5.41) is 12.0. The summed E-state index contributed by atoms with van der Waals surface area (Å²) in [5.74, 6) is -0.147. The fourth-order valence-electron chi connectivity index (χ4n) is 1.44. The number of para-hydroxylation sites is 1. The molecule has 0 aliphatic rings. The molecule has 1 N–H and O–H groups in total. The number of hydrogen-bond donors (Lipinski definition) is 1. The summed E-state index contributed by atoms with van der Waals surface area (Å²) in [6.07, 6.45) is 0.531. The van der Waals surface area contributed by atoms with E-state index in [0.29, 0.717) is 13.0 Å². The normalized spacial score (nSPS) is 12.2. The summed E-state index contributed by atoms with van der Waals surface area (Å²) in [5.41, 5.74) is 0. The molecular formula is C13H17FN2O. The highest BCUT2D eigenvalue weighted by Gasteiger charge is 2.09. The van der Waals surface area contributed by atoms with Gasteiger partial charge in [-0.15, -0.1) is 0 Å². The topological polar surface area (TPSA) is 45.0 Å². The standard InChI is InChI=1S/C13H17FN2O/c1-10(2)16-11(9-15)7-8-17-13-6-4-3-5-12(13)14/h3-6,10-11,16H,7-8H2,1-2H3. The van der Waals surface area contributed by atoms with Crippen molar-refractivity contribution in [1.29, 1.82) is 5.26 Å². The van der Waals surface area contributed by atoms with Crippen LogP contribution < -0.4 is 10.1 Å². The summed E-state index contributed by atoms with van der Waals surface area (Å²) in [4.78, 5) is 0. The van der Waals surface area contributed by atoms with Crippen LogP contribution in [-0.4, -0.2) is 18.7 Å². The SMILES string of the molecule is CC(C)NC(C#N)CCOc1ccccc1F. The first-order valence-electron chi connectivity index (χ1n) is 5.66. The molecule has 0 heterocycles. The Hall–Kier alpha value is -1.60. The lowest BCUT2D eigenvalue weighted by Crippen LogP contribution is -2.34. The third kappa shape index (κ3) is 4.83. The minimum absolute atomic E-state index is 0.230. The lowest BCUT2D eigenvalue weighted by molar-refractivity contribution is 0.281. The number of ether oxygens (including phenoxy) is 1. The van der Waals surface area contributed by atoms with Gasteiger partial charge in [-0.1, -0.05) is 12.1 Å². The third-order valence-electron chi connectivity index (χ3n) is 2.19. The molecule has 3 nitrogen and oxygen atoms in total. The van der Waals surface area contributed by atoms with E-state index < -0.39 is 0 Å². The fourth-order valence-corrected chi connectivity index (χ4v) is 1.44. The molecule has 0 fully saturated rings. The average molecular weight is 236 g/mol. The van der Waals surface area contributed by atoms with Gasteiger partial charge in [-0.2, -0.15) is 5.26 Å². The van der Waals surface area contributed by atoms with Crippen LogP contribution in [-0.2, 0) is 0 Å². The van der Waals surface area contributed by atoms with Gasteiger partial charge in [-0.05, 0) is 26.0 Å². The second-order valence-corrected chi connectivity index (χ2v) is 4.07. The van der Waals surface area contributed by atoms with Crippen LogP contribution in [0, 0.1) is 17.1 Å². The quantitative estimate of drug-likeness (QED) is 0.825. The first kappa shape index (κ1) is 13.5. The molecule has 0 bridgehead atoms. The van der Waals surface area contributed by atoms with Crippen molar-refractivity contribution < 1.29 is 9.13 Å². The highest BCUT2D eigenvalue weighted by Crippen LogP contribution is 2.15. The second kappa shape index (κ2) is 6.87. The van der Waals surface area contributed by atoms with Crippen molar-refractivity contribution in [3.05, 3.63) is 30.1 Å². The molecule has 92 valence electrons. The first-order valence-corrected chi connectivity index (χ1v) is 5.66. The highest BCUT2D eigenvalue weighted by molar-refractivity contribution is 5.23. The molecule has 17 heavy (non-hydrogen) atoms. The van der Waals surface area contributed by atoms with E-state index in [0.717, 1.165) is 0 Å². The molecule has 0 radical (unpaired) electrons. The van der Waals surface area contributed by atoms with Crippen LogP contribution in [0.5, 0.6) is 5.75 Å². The van der Waals surface area contributed by atoms with Crippen molar-refractivity contribution in [2.75, 3.05) is 6.61 Å². The molecule has 1 rings (SSSR count). The average Bonchev–Trinajstić information content (AvgIpc) is 2.29. The second-order valence-electron chi connectivity index (χ2n) is 4.07. The summed E-state index contributed by atoms with van der Waals surface area (Å²) >= 11 is 0. The van der Waals surface area contributed by atoms with Crippen molar-refractivity contribution in [1.82, 2.24) is 5.32 Å². The van der Waals surface area contributed by atoms with E-state index in [1.54, 1.807) is 18.2 Å². The number of rotatable bonds is 6. The van der Waals surface area contributed by atoms with E-state index in [4.69, 9.17) is 10.00 Å². The molecule has 0 aliphatic carbocycles. The molecule has 0 spiro atoms. The minimum Gasteiger partial charge on any atom is -0.490 e. The van der Waals surface area contributed by atoms with Gasteiger partial charge in [0.2, 0.25) is 0 Å². The molecule has 0 saturated carbocycles. The highest BCUT2D eigenvalue weighted by atomic mass is 19.1. The van der Waals surface area contributed by atoms with Gasteiger partial charge in [0.25, 0.3) is 0 Å². The molecule has 0 aliphatic heterocycles. The van der Waals surface area contributed by atoms with Gasteiger partial charge >= 0.3 is 0 Å². The molecular weight excluding hydrogens is 219 g/mol. The zero-order chi connectivity index (χ0) is 12.7. The lowest BCUT2D eigenvalue weighted by atomic mass is 10.2. The van der Waals surface area contributed by atoms with E-state index >= 15 is 0 Å². The van der Waals surface area contributed by atoms with Crippen LogP contribution in [0.25, 0.3) is 0 Å². The summed E-state index contributed by atoms with van der Waals surface area (Å²) < 4.78 is 18.5. The van der Waals surface area contributed by atoms with E-state index in [9.17, 15) is 4.39 Å². The largest absolute Gasteiger partial charge is 0.490 e. The Morgan fingerprint density at radius 3 is 2.71 bits per heavy atom. The van der Waals surface area contributed by atoms with Crippen molar-refractivity contribution in [3.8, 4) is 11.8 Å². The number of nitriles is 1. The Balaban J connectivity index is 2.37. The van der Waals surface area contributed by atoms with Crippen LogP contribution in [0.3, 0.4) is 0 Å². The summed E-state index contributed by atoms with van der Waals surface area (Å²) in [6.45, 7) is 4.27. The van der Waals surface area contributed by atoms with Gasteiger partial charge in [0.1, 0.15) is 0 Å². The van der Waals surface area contributed by atoms with E-state index in [1.165, 1.54) is 6.07 Å². The predicted molar refractivity (Wildman–Crippen MR) is 64.2 cm³/mol. The zero-order valence-corrected chi connectivity index (χ0v) is 10.1. The molecule has 4 heteroatoms. The number of hydrogen-bond acceptors (Lipinski definition) is 3. The number of halogens is 1. The van der Waals surface area contributed by atoms with E-state index in [-0.39, 0.29) is 23.7 Å². The lowest BCUT2D eigenvalue weighted by Gasteiger charge is -2.14. The van der Waals surface area contributed by atoms with Crippen molar-refractivity contribution in [3.63, 3.8) is 0 Å². The summed E-state index contributed by atoms with van der Waals surface area (Å²) in [6, 6.07) is 8.38. The van der Waals surface area contributed by atoms with Crippen LogP contribution in [0.4, 0.5) is 4.39 Å². The van der Waals surface area contributed by atoms with Crippen LogP contribution in [0.2, 0.25) is 0 Å². The van der Waals surface area contributed by atoms with Gasteiger partial charge in [0.05, 0.1) is 18.7 Å². The smallest absolute Gasteiger partial charge is 0.165 e. The van der Waals surface area contributed by atoms with Crippen LogP contribution >= 0.6 is 0 Å². The minimum atomic E-state index is -0.377. The maximum Gasteiger partial charge on any atom is 0.165 e. The maximum atomic E-state index is 13.2. The number of nitrogens with one attached hydrogen (secondary N) is 1. The number of nitrogens with zero attached hydrogens (tertiary/aromatic N) is 1. The Morgan fingerprint density at radius 1 is 1.41 bits per heavy atom. The van der Waals surface area contributed by atoms with Crippen molar-refractivity contribution in [2.45, 2.75) is 32.4 Å². The molecule has 1 atom stereocenters. The van der Waals surface area contributed by atoms with Gasteiger partial charge in [0, 0.05) is 12.5 Å². The molecule has 1 aromatic rings. The van der Waals surface area contributed by atoms with Gasteiger partial charge in [-0.25, -0.2) is 4.39 Å². The molecule has 0 aromatic heterocycles. The van der Waals surface area contributed by atoms with E-state index in [2.05, 4.69) is 11.4 Å².